The number of aliphatic hydroxyl groups is 1. The molecule has 6 heteroatoms. The Labute approximate surface area is 131 Å². The molecule has 0 bridgehead atoms. The Morgan fingerprint density at radius 2 is 2.14 bits per heavy atom. The van der Waals surface area contributed by atoms with Gasteiger partial charge in [0.2, 0.25) is 0 Å². The van der Waals surface area contributed by atoms with Crippen LogP contribution in [0.2, 0.25) is 5.02 Å². The van der Waals surface area contributed by atoms with E-state index < -0.39 is 12.0 Å². The summed E-state index contributed by atoms with van der Waals surface area (Å²) in [6.45, 7) is 0. The first-order valence-electron chi connectivity index (χ1n) is 6.23. The smallest absolute Gasteiger partial charge is 0.257 e. The van der Waals surface area contributed by atoms with Crippen LogP contribution in [0, 0.1) is 0 Å². The van der Waals surface area contributed by atoms with Crippen LogP contribution in [-0.4, -0.2) is 18.1 Å². The Bertz CT molecular complexity index is 720. The number of amides is 1. The van der Waals surface area contributed by atoms with E-state index in [2.05, 4.69) is 5.32 Å². The molecule has 3 rings (SSSR count). The van der Waals surface area contributed by atoms with Gasteiger partial charge in [-0.2, -0.15) is 0 Å². The van der Waals surface area contributed by atoms with Crippen LogP contribution in [0.15, 0.2) is 46.2 Å². The molecule has 4 nitrogen and oxygen atoms in total. The van der Waals surface area contributed by atoms with Gasteiger partial charge in [0.15, 0.2) is 6.10 Å². The number of halogens is 1. The van der Waals surface area contributed by atoms with Crippen molar-refractivity contribution in [3.63, 3.8) is 0 Å². The average molecular weight is 322 g/mol. The molecule has 0 saturated carbocycles. The Morgan fingerprint density at radius 3 is 2.90 bits per heavy atom. The number of anilines is 1. The quantitative estimate of drug-likeness (QED) is 0.908. The van der Waals surface area contributed by atoms with Gasteiger partial charge in [-0.15, -0.1) is 0 Å². The molecule has 1 aliphatic heterocycles. The maximum atomic E-state index is 11.5. The number of hydrogen-bond acceptors (Lipinski definition) is 4. The van der Waals surface area contributed by atoms with E-state index in [9.17, 15) is 9.90 Å². The lowest BCUT2D eigenvalue weighted by atomic mass is 10.1. The molecule has 1 atom stereocenters. The van der Waals surface area contributed by atoms with Crippen molar-refractivity contribution in [2.75, 3.05) is 12.4 Å². The van der Waals surface area contributed by atoms with E-state index in [4.69, 9.17) is 16.3 Å². The largest absolute Gasteiger partial charge is 0.497 e. The van der Waals surface area contributed by atoms with Gasteiger partial charge in [0, 0.05) is 21.0 Å². The van der Waals surface area contributed by atoms with Crippen LogP contribution in [0.3, 0.4) is 0 Å². The summed E-state index contributed by atoms with van der Waals surface area (Å²) in [4.78, 5) is 13.2. The maximum absolute atomic E-state index is 11.5. The Kier molecular flexibility index (Phi) is 3.80. The third kappa shape index (κ3) is 2.72. The molecule has 0 radical (unpaired) electrons. The van der Waals surface area contributed by atoms with E-state index in [-0.39, 0.29) is 0 Å². The van der Waals surface area contributed by atoms with Crippen molar-refractivity contribution in [2.24, 2.45) is 0 Å². The second-order valence-electron chi connectivity index (χ2n) is 4.54. The first-order valence-corrected chi connectivity index (χ1v) is 7.42. The lowest BCUT2D eigenvalue weighted by Gasteiger charge is -2.09. The number of aliphatic hydroxyl groups excluding tert-OH is 1. The second kappa shape index (κ2) is 5.60. The minimum atomic E-state index is -1.15. The second-order valence-corrected chi connectivity index (χ2v) is 6.07. The van der Waals surface area contributed by atoms with Crippen LogP contribution in [-0.2, 0) is 4.79 Å². The van der Waals surface area contributed by atoms with E-state index in [1.807, 2.05) is 24.3 Å². The van der Waals surface area contributed by atoms with Gasteiger partial charge in [0.05, 0.1) is 12.1 Å². The summed E-state index contributed by atoms with van der Waals surface area (Å²) in [6, 6.07) is 11.0. The van der Waals surface area contributed by atoms with Crippen LogP contribution in [0.25, 0.3) is 0 Å². The monoisotopic (exact) mass is 321 g/mol. The zero-order valence-electron chi connectivity index (χ0n) is 11.1. The van der Waals surface area contributed by atoms with Crippen LogP contribution in [0.5, 0.6) is 5.75 Å². The van der Waals surface area contributed by atoms with Crippen molar-refractivity contribution in [3.8, 4) is 5.75 Å². The van der Waals surface area contributed by atoms with Crippen molar-refractivity contribution in [2.45, 2.75) is 15.9 Å². The fourth-order valence-corrected chi connectivity index (χ4v) is 3.31. The van der Waals surface area contributed by atoms with Gasteiger partial charge in [-0.05, 0) is 30.3 Å². The number of fused-ring (bicyclic) bond motifs is 1. The normalized spacial score (nSPS) is 16.5. The zero-order chi connectivity index (χ0) is 15.0. The number of benzene rings is 2. The highest BCUT2D eigenvalue weighted by molar-refractivity contribution is 7.99. The molecule has 1 aliphatic rings. The first-order chi connectivity index (χ1) is 10.1. The van der Waals surface area contributed by atoms with Gasteiger partial charge in [-0.1, -0.05) is 29.4 Å². The van der Waals surface area contributed by atoms with Gasteiger partial charge in [-0.3, -0.25) is 4.79 Å². The number of ether oxygens (including phenoxy) is 1. The highest BCUT2D eigenvalue weighted by Crippen LogP contribution is 2.41. The number of carbonyl (C=O) groups is 1. The Hall–Kier alpha value is -1.69. The van der Waals surface area contributed by atoms with Gasteiger partial charge < -0.3 is 15.2 Å². The van der Waals surface area contributed by atoms with Crippen LogP contribution < -0.4 is 10.1 Å². The number of methoxy groups -OCH3 is 1. The number of rotatable bonds is 3. The minimum absolute atomic E-state index is 0.426. The van der Waals surface area contributed by atoms with Crippen molar-refractivity contribution in [3.05, 3.63) is 47.0 Å². The van der Waals surface area contributed by atoms with Crippen molar-refractivity contribution >= 4 is 35.0 Å². The summed E-state index contributed by atoms with van der Waals surface area (Å²) in [7, 11) is 1.61. The predicted molar refractivity (Wildman–Crippen MR) is 82.2 cm³/mol. The molecule has 2 N–H and O–H groups in total. The number of hydrogen-bond donors (Lipinski definition) is 2. The fourth-order valence-electron chi connectivity index (χ4n) is 2.12. The van der Waals surface area contributed by atoms with Gasteiger partial charge in [-0.25, -0.2) is 0 Å². The van der Waals surface area contributed by atoms with Crippen LogP contribution in [0.4, 0.5) is 5.69 Å². The number of carbonyl (C=O) groups excluding carboxylic acids is 1. The molecule has 0 aliphatic carbocycles. The van der Waals surface area contributed by atoms with Crippen molar-refractivity contribution in [1.29, 1.82) is 0 Å². The molecule has 2 aromatic rings. The highest BCUT2D eigenvalue weighted by atomic mass is 35.5. The predicted octanol–water partition coefficient (Wildman–Crippen LogP) is 3.49. The Morgan fingerprint density at radius 1 is 1.33 bits per heavy atom. The highest BCUT2D eigenvalue weighted by Gasteiger charge is 2.29. The lowest BCUT2D eigenvalue weighted by molar-refractivity contribution is -0.123. The van der Waals surface area contributed by atoms with Gasteiger partial charge in [0.1, 0.15) is 5.75 Å². The van der Waals surface area contributed by atoms with E-state index in [0.717, 1.165) is 15.5 Å². The molecule has 0 saturated heterocycles. The lowest BCUT2D eigenvalue weighted by Crippen LogP contribution is -2.10. The molecule has 1 heterocycles. The molecule has 0 fully saturated rings. The van der Waals surface area contributed by atoms with E-state index in [0.29, 0.717) is 16.3 Å². The summed E-state index contributed by atoms with van der Waals surface area (Å²) in [6.07, 6.45) is -1.15. The zero-order valence-corrected chi connectivity index (χ0v) is 12.7. The maximum Gasteiger partial charge on any atom is 0.257 e. The molecular formula is C15H12ClNO3S. The molecular weight excluding hydrogens is 310 g/mol. The number of nitrogens with one attached hydrogen (secondary N) is 1. The van der Waals surface area contributed by atoms with Crippen molar-refractivity contribution < 1.29 is 14.6 Å². The molecule has 21 heavy (non-hydrogen) atoms. The van der Waals surface area contributed by atoms with E-state index >= 15 is 0 Å². The topological polar surface area (TPSA) is 58.6 Å². The summed E-state index contributed by atoms with van der Waals surface area (Å²) in [5.41, 5.74) is 1.11. The summed E-state index contributed by atoms with van der Waals surface area (Å²) < 4.78 is 5.19. The van der Waals surface area contributed by atoms with E-state index in [1.165, 1.54) is 11.8 Å². The molecule has 0 spiro atoms. The minimum Gasteiger partial charge on any atom is -0.497 e. The van der Waals surface area contributed by atoms with Gasteiger partial charge >= 0.3 is 0 Å². The third-order valence-electron chi connectivity index (χ3n) is 3.17. The van der Waals surface area contributed by atoms with Gasteiger partial charge in [0.25, 0.3) is 5.91 Å². The molecule has 1 unspecified atom stereocenters. The third-order valence-corrected chi connectivity index (χ3v) is 4.65. The summed E-state index contributed by atoms with van der Waals surface area (Å²) in [5.74, 6) is 0.339. The summed E-state index contributed by atoms with van der Waals surface area (Å²) in [5, 5.41) is 12.9. The molecule has 1 amide bonds. The molecule has 2 aromatic carbocycles. The Balaban J connectivity index is 1.93. The standard InChI is InChI=1S/C15H12ClNO3S/c1-20-8-3-2-4-9(5-8)21-13-7-12-10(6-11(13)16)14(18)15(19)17-12/h2-7,14,18H,1H3,(H,17,19). The average Bonchev–Trinajstić information content (AvgIpc) is 2.75. The van der Waals surface area contributed by atoms with Crippen LogP contribution >= 0.6 is 23.4 Å². The first kappa shape index (κ1) is 14.3. The van der Waals surface area contributed by atoms with Crippen molar-refractivity contribution in [1.82, 2.24) is 0 Å². The summed E-state index contributed by atoms with van der Waals surface area (Å²) >= 11 is 7.71. The SMILES string of the molecule is COc1cccc(Sc2cc3c(cc2Cl)C(O)C(=O)N3)c1. The fraction of sp³-hybridized carbons (Fsp3) is 0.133. The molecule has 108 valence electrons. The molecule has 0 aromatic heterocycles. The van der Waals surface area contributed by atoms with Crippen LogP contribution in [0.1, 0.15) is 11.7 Å². The van der Waals surface area contributed by atoms with E-state index in [1.54, 1.807) is 19.2 Å².